The molecule has 2 heterocycles. The van der Waals surface area contributed by atoms with Crippen molar-refractivity contribution < 1.29 is 9.53 Å². The van der Waals surface area contributed by atoms with E-state index in [-0.39, 0.29) is 6.09 Å². The molecule has 0 atom stereocenters. The fourth-order valence-corrected chi connectivity index (χ4v) is 2.90. The molecule has 0 saturated carbocycles. The van der Waals surface area contributed by atoms with Gasteiger partial charge in [-0.3, -0.25) is 0 Å². The molecule has 0 radical (unpaired) electrons. The summed E-state index contributed by atoms with van der Waals surface area (Å²) in [7, 11) is 0. The minimum Gasteiger partial charge on any atom is -0.444 e. The van der Waals surface area contributed by atoms with E-state index in [2.05, 4.69) is 28.1 Å². The Morgan fingerprint density at radius 2 is 1.83 bits per heavy atom. The predicted octanol–water partition coefficient (Wildman–Crippen LogP) is 3.68. The molecule has 5 nitrogen and oxygen atoms in total. The van der Waals surface area contributed by atoms with E-state index >= 15 is 0 Å². The van der Waals surface area contributed by atoms with Crippen LogP contribution < -0.4 is 4.90 Å². The molecule has 3 rings (SSSR count). The molecule has 0 aliphatic carbocycles. The van der Waals surface area contributed by atoms with Crippen LogP contribution in [0.15, 0.2) is 36.5 Å². The second-order valence-corrected chi connectivity index (χ2v) is 7.20. The molecule has 0 unspecified atom stereocenters. The van der Waals surface area contributed by atoms with Crippen LogP contribution >= 0.6 is 0 Å². The highest BCUT2D eigenvalue weighted by molar-refractivity contribution is 5.83. The lowest BCUT2D eigenvalue weighted by atomic mass is 10.2. The minimum atomic E-state index is -0.455. The molecule has 1 aliphatic rings. The topological polar surface area (TPSA) is 45.7 Å². The molecule has 1 saturated heterocycles. The Hall–Kier alpha value is -2.30. The average molecular weight is 327 g/mol. The molecule has 1 aromatic carbocycles. The van der Waals surface area contributed by atoms with Crippen molar-refractivity contribution >= 4 is 22.7 Å². The molecule has 0 bridgehead atoms. The maximum absolute atomic E-state index is 12.3. The SMILES string of the molecule is CC(C)(C)OC(=O)N1CCCN(c2cc3ccccc3cn2)CC1. The van der Waals surface area contributed by atoms with Crippen LogP contribution in [0.3, 0.4) is 0 Å². The van der Waals surface area contributed by atoms with Crippen LogP contribution in [0.1, 0.15) is 27.2 Å². The minimum absolute atomic E-state index is 0.226. The van der Waals surface area contributed by atoms with Gasteiger partial charge in [0.15, 0.2) is 0 Å². The summed E-state index contributed by atoms with van der Waals surface area (Å²) in [6, 6.07) is 10.4. The summed E-state index contributed by atoms with van der Waals surface area (Å²) >= 11 is 0. The summed E-state index contributed by atoms with van der Waals surface area (Å²) in [6.07, 6.45) is 2.60. The zero-order valence-electron chi connectivity index (χ0n) is 14.7. The van der Waals surface area contributed by atoms with Crippen LogP contribution in [-0.2, 0) is 4.74 Å². The molecule has 2 aromatic rings. The molecule has 1 fully saturated rings. The van der Waals surface area contributed by atoms with Gasteiger partial charge in [0.05, 0.1) is 0 Å². The van der Waals surface area contributed by atoms with E-state index in [9.17, 15) is 4.79 Å². The van der Waals surface area contributed by atoms with Crippen molar-refractivity contribution in [3.8, 4) is 0 Å². The van der Waals surface area contributed by atoms with Crippen molar-refractivity contribution in [2.45, 2.75) is 32.8 Å². The maximum atomic E-state index is 12.3. The molecule has 0 spiro atoms. The Kier molecular flexibility index (Phi) is 4.60. The average Bonchev–Trinajstić information content (AvgIpc) is 2.79. The summed E-state index contributed by atoms with van der Waals surface area (Å²) in [6.45, 7) is 8.73. The quantitative estimate of drug-likeness (QED) is 0.801. The lowest BCUT2D eigenvalue weighted by molar-refractivity contribution is 0.0263. The van der Waals surface area contributed by atoms with Gasteiger partial charge in [0.2, 0.25) is 0 Å². The number of hydrogen-bond acceptors (Lipinski definition) is 4. The summed E-state index contributed by atoms with van der Waals surface area (Å²) in [4.78, 5) is 20.9. The number of aromatic nitrogens is 1. The number of hydrogen-bond donors (Lipinski definition) is 0. The van der Waals surface area contributed by atoms with Crippen molar-refractivity contribution in [3.63, 3.8) is 0 Å². The van der Waals surface area contributed by atoms with Crippen molar-refractivity contribution in [1.82, 2.24) is 9.88 Å². The van der Waals surface area contributed by atoms with Gasteiger partial charge in [0.1, 0.15) is 11.4 Å². The summed E-state index contributed by atoms with van der Waals surface area (Å²) in [5.74, 6) is 0.972. The number of nitrogens with zero attached hydrogens (tertiary/aromatic N) is 3. The predicted molar refractivity (Wildman–Crippen MR) is 96.4 cm³/mol. The highest BCUT2D eigenvalue weighted by atomic mass is 16.6. The number of ether oxygens (including phenoxy) is 1. The van der Waals surface area contributed by atoms with Gasteiger partial charge < -0.3 is 14.5 Å². The third-order valence-electron chi connectivity index (χ3n) is 4.09. The zero-order chi connectivity index (χ0) is 17.2. The van der Waals surface area contributed by atoms with Gasteiger partial charge in [-0.2, -0.15) is 0 Å². The number of fused-ring (bicyclic) bond motifs is 1. The largest absolute Gasteiger partial charge is 0.444 e. The third kappa shape index (κ3) is 3.96. The molecule has 0 N–H and O–H groups in total. The van der Waals surface area contributed by atoms with Crippen LogP contribution in [0.25, 0.3) is 10.8 Å². The highest BCUT2D eigenvalue weighted by Gasteiger charge is 2.24. The molecular formula is C19H25N3O2. The van der Waals surface area contributed by atoms with Crippen molar-refractivity contribution in [3.05, 3.63) is 36.5 Å². The van der Waals surface area contributed by atoms with E-state index in [0.717, 1.165) is 37.3 Å². The smallest absolute Gasteiger partial charge is 0.410 e. The number of rotatable bonds is 1. The Morgan fingerprint density at radius 3 is 2.58 bits per heavy atom. The van der Waals surface area contributed by atoms with Crippen LogP contribution in [-0.4, -0.2) is 47.8 Å². The first-order valence-electron chi connectivity index (χ1n) is 8.50. The van der Waals surface area contributed by atoms with Crippen LogP contribution in [0.2, 0.25) is 0 Å². The van der Waals surface area contributed by atoms with Gasteiger partial charge >= 0.3 is 6.09 Å². The lowest BCUT2D eigenvalue weighted by Gasteiger charge is -2.26. The van der Waals surface area contributed by atoms with Gasteiger partial charge in [-0.15, -0.1) is 0 Å². The fourth-order valence-electron chi connectivity index (χ4n) is 2.90. The number of benzene rings is 1. The van der Waals surface area contributed by atoms with E-state index < -0.39 is 5.60 Å². The first kappa shape index (κ1) is 16.6. The highest BCUT2D eigenvalue weighted by Crippen LogP contribution is 2.21. The number of amides is 1. The second kappa shape index (κ2) is 6.67. The first-order valence-corrected chi connectivity index (χ1v) is 8.50. The zero-order valence-corrected chi connectivity index (χ0v) is 14.7. The standard InChI is InChI=1S/C19H25N3O2/c1-19(2,3)24-18(23)22-10-6-9-21(11-12-22)17-13-15-7-4-5-8-16(15)14-20-17/h4-5,7-8,13-14H,6,9-12H2,1-3H3. The second-order valence-electron chi connectivity index (χ2n) is 7.20. The van der Waals surface area contributed by atoms with E-state index in [4.69, 9.17) is 4.74 Å². The molecule has 128 valence electrons. The van der Waals surface area contributed by atoms with E-state index in [1.54, 1.807) is 4.90 Å². The fraction of sp³-hybridized carbons (Fsp3) is 0.474. The van der Waals surface area contributed by atoms with Crippen LogP contribution in [0, 0.1) is 0 Å². The van der Waals surface area contributed by atoms with Gasteiger partial charge in [-0.25, -0.2) is 9.78 Å². The lowest BCUT2D eigenvalue weighted by Crippen LogP contribution is -2.39. The normalized spacial score (nSPS) is 16.1. The van der Waals surface area contributed by atoms with Crippen molar-refractivity contribution in [1.29, 1.82) is 0 Å². The molecule has 5 heteroatoms. The summed E-state index contributed by atoms with van der Waals surface area (Å²) in [5.41, 5.74) is -0.455. The van der Waals surface area contributed by atoms with E-state index in [1.165, 1.54) is 5.39 Å². The Morgan fingerprint density at radius 1 is 1.08 bits per heavy atom. The van der Waals surface area contributed by atoms with Crippen molar-refractivity contribution in [2.75, 3.05) is 31.1 Å². The number of anilines is 1. The molecule has 1 aliphatic heterocycles. The third-order valence-corrected chi connectivity index (χ3v) is 4.09. The summed E-state index contributed by atoms with van der Waals surface area (Å²) in [5, 5.41) is 2.34. The van der Waals surface area contributed by atoms with Gasteiger partial charge in [0, 0.05) is 37.8 Å². The number of pyridine rings is 1. The molecule has 1 amide bonds. The van der Waals surface area contributed by atoms with Crippen LogP contribution in [0.4, 0.5) is 10.6 Å². The molecular weight excluding hydrogens is 302 g/mol. The number of carbonyl (C=O) groups is 1. The molecule has 24 heavy (non-hydrogen) atoms. The maximum Gasteiger partial charge on any atom is 0.410 e. The monoisotopic (exact) mass is 327 g/mol. The Balaban J connectivity index is 1.69. The number of carbonyl (C=O) groups excluding carboxylic acids is 1. The van der Waals surface area contributed by atoms with E-state index in [0.29, 0.717) is 6.54 Å². The van der Waals surface area contributed by atoms with Gasteiger partial charge in [0.25, 0.3) is 0 Å². The van der Waals surface area contributed by atoms with Gasteiger partial charge in [-0.05, 0) is 38.6 Å². The van der Waals surface area contributed by atoms with Crippen LogP contribution in [0.5, 0.6) is 0 Å². The first-order chi connectivity index (χ1) is 11.4. The van der Waals surface area contributed by atoms with Crippen molar-refractivity contribution in [2.24, 2.45) is 0 Å². The summed E-state index contributed by atoms with van der Waals surface area (Å²) < 4.78 is 5.48. The van der Waals surface area contributed by atoms with E-state index in [1.807, 2.05) is 39.1 Å². The van der Waals surface area contributed by atoms with Gasteiger partial charge in [-0.1, -0.05) is 24.3 Å². The Bertz CT molecular complexity index is 724. The Labute approximate surface area is 143 Å². The molecule has 1 aromatic heterocycles.